The van der Waals surface area contributed by atoms with Gasteiger partial charge in [0, 0.05) is 6.42 Å². The van der Waals surface area contributed by atoms with Gasteiger partial charge in [0.2, 0.25) is 10.0 Å². The number of sulfonamides is 1. The third kappa shape index (κ3) is 4.86. The normalized spacial score (nSPS) is 16.6. The molecule has 33 heavy (non-hydrogen) atoms. The van der Waals surface area contributed by atoms with Gasteiger partial charge in [0.1, 0.15) is 5.75 Å². The van der Waals surface area contributed by atoms with Crippen molar-refractivity contribution in [1.29, 1.82) is 0 Å². The fourth-order valence-electron chi connectivity index (χ4n) is 3.65. The van der Waals surface area contributed by atoms with Crippen LogP contribution in [-0.4, -0.2) is 21.2 Å². The molecule has 0 spiro atoms. The Morgan fingerprint density at radius 3 is 2.09 bits per heavy atom. The fraction of sp³-hybridized carbons (Fsp3) is 0.174. The van der Waals surface area contributed by atoms with Crippen molar-refractivity contribution in [2.45, 2.75) is 23.5 Å². The van der Waals surface area contributed by atoms with E-state index < -0.39 is 21.8 Å². The second-order valence-corrected chi connectivity index (χ2v) is 9.06. The van der Waals surface area contributed by atoms with Gasteiger partial charge in [0.05, 0.1) is 35.0 Å². The zero-order chi connectivity index (χ0) is 23.8. The summed E-state index contributed by atoms with van der Waals surface area (Å²) < 4.78 is 67.2. The molecule has 4 rings (SSSR count). The molecule has 0 aliphatic carbocycles. The minimum atomic E-state index is -4.42. The number of rotatable bonds is 5. The standard InChI is InChI=1S/C23H20F3N3O3S/c1-32-19-10-4-16(5-11-19)22-14-21(15-2-6-17(7-3-15)23(24,25)26)28-29(22)18-8-12-20(13-9-18)33(27,30)31/h2-13,22H,14H2,1H3,(H2,27,30,31). The van der Waals surface area contributed by atoms with Crippen molar-refractivity contribution in [1.82, 2.24) is 0 Å². The van der Waals surface area contributed by atoms with Crippen LogP contribution in [0.4, 0.5) is 18.9 Å². The van der Waals surface area contributed by atoms with Gasteiger partial charge in [-0.15, -0.1) is 0 Å². The van der Waals surface area contributed by atoms with Crippen LogP contribution in [0.5, 0.6) is 5.75 Å². The van der Waals surface area contributed by atoms with Gasteiger partial charge in [-0.25, -0.2) is 13.6 Å². The summed E-state index contributed by atoms with van der Waals surface area (Å²) in [4.78, 5) is -0.0293. The average molecular weight is 475 g/mol. The zero-order valence-electron chi connectivity index (χ0n) is 17.5. The first-order chi connectivity index (χ1) is 15.6. The molecule has 0 saturated carbocycles. The number of nitrogens with two attached hydrogens (primary N) is 1. The number of primary sulfonamides is 1. The number of nitrogens with zero attached hydrogens (tertiary/aromatic N) is 2. The van der Waals surface area contributed by atoms with E-state index in [1.807, 2.05) is 24.3 Å². The van der Waals surface area contributed by atoms with E-state index in [1.165, 1.54) is 24.3 Å². The van der Waals surface area contributed by atoms with Gasteiger partial charge in [0.25, 0.3) is 0 Å². The molecular weight excluding hydrogens is 455 g/mol. The van der Waals surface area contributed by atoms with E-state index in [4.69, 9.17) is 9.88 Å². The van der Waals surface area contributed by atoms with Gasteiger partial charge < -0.3 is 4.74 Å². The van der Waals surface area contributed by atoms with Crippen molar-refractivity contribution in [3.05, 3.63) is 89.5 Å². The summed E-state index contributed by atoms with van der Waals surface area (Å²) in [6.07, 6.45) is -3.98. The van der Waals surface area contributed by atoms with Crippen LogP contribution in [0.15, 0.2) is 82.8 Å². The molecule has 3 aromatic carbocycles. The van der Waals surface area contributed by atoms with Crippen molar-refractivity contribution in [3.8, 4) is 5.75 Å². The molecule has 2 N–H and O–H groups in total. The molecule has 1 heterocycles. The Kier molecular flexibility index (Phi) is 5.89. The molecule has 0 saturated heterocycles. The lowest BCUT2D eigenvalue weighted by Gasteiger charge is -2.24. The van der Waals surface area contributed by atoms with Gasteiger partial charge in [0.15, 0.2) is 0 Å². The van der Waals surface area contributed by atoms with E-state index >= 15 is 0 Å². The highest BCUT2D eigenvalue weighted by Crippen LogP contribution is 2.38. The predicted molar refractivity (Wildman–Crippen MR) is 119 cm³/mol. The number of hydrogen-bond donors (Lipinski definition) is 1. The largest absolute Gasteiger partial charge is 0.497 e. The van der Waals surface area contributed by atoms with Gasteiger partial charge >= 0.3 is 6.18 Å². The number of methoxy groups -OCH3 is 1. The Labute approximate surface area is 189 Å². The van der Waals surface area contributed by atoms with Crippen LogP contribution >= 0.6 is 0 Å². The summed E-state index contributed by atoms with van der Waals surface area (Å²) in [5, 5.41) is 11.6. The van der Waals surface area contributed by atoms with Gasteiger partial charge in [-0.1, -0.05) is 24.3 Å². The summed E-state index contributed by atoms with van der Waals surface area (Å²) in [6, 6.07) is 18.0. The van der Waals surface area contributed by atoms with Crippen molar-refractivity contribution >= 4 is 21.4 Å². The first-order valence-corrected chi connectivity index (χ1v) is 11.4. The van der Waals surface area contributed by atoms with Crippen LogP contribution in [0.3, 0.4) is 0 Å². The monoisotopic (exact) mass is 475 g/mol. The number of anilines is 1. The van der Waals surface area contributed by atoms with Crippen LogP contribution in [0.25, 0.3) is 0 Å². The van der Waals surface area contributed by atoms with Crippen molar-refractivity contribution in [2.24, 2.45) is 10.2 Å². The highest BCUT2D eigenvalue weighted by molar-refractivity contribution is 7.89. The summed E-state index contributed by atoms with van der Waals surface area (Å²) >= 11 is 0. The lowest BCUT2D eigenvalue weighted by Crippen LogP contribution is -2.19. The van der Waals surface area contributed by atoms with Crippen molar-refractivity contribution in [2.75, 3.05) is 12.1 Å². The summed E-state index contributed by atoms with van der Waals surface area (Å²) in [5.41, 5.74) is 1.99. The molecule has 3 aromatic rings. The first kappa shape index (κ1) is 22.8. The highest BCUT2D eigenvalue weighted by Gasteiger charge is 2.32. The van der Waals surface area contributed by atoms with E-state index in [9.17, 15) is 21.6 Å². The van der Waals surface area contributed by atoms with Crippen LogP contribution in [0, 0.1) is 0 Å². The number of hydrogen-bond acceptors (Lipinski definition) is 5. The van der Waals surface area contributed by atoms with Crippen LogP contribution in [0.2, 0.25) is 0 Å². The van der Waals surface area contributed by atoms with E-state index in [0.717, 1.165) is 17.7 Å². The maximum atomic E-state index is 12.9. The molecule has 0 radical (unpaired) electrons. The van der Waals surface area contributed by atoms with E-state index in [1.54, 1.807) is 24.3 Å². The van der Waals surface area contributed by atoms with Crippen LogP contribution < -0.4 is 14.9 Å². The second kappa shape index (κ2) is 8.53. The number of hydrazone groups is 1. The van der Waals surface area contributed by atoms with Gasteiger partial charge in [-0.3, -0.25) is 5.01 Å². The minimum absolute atomic E-state index is 0.0293. The molecule has 0 amide bonds. The number of halogens is 3. The Morgan fingerprint density at radius 2 is 1.58 bits per heavy atom. The van der Waals surface area contributed by atoms with Crippen LogP contribution in [-0.2, 0) is 16.2 Å². The molecule has 1 aliphatic rings. The number of benzene rings is 3. The molecule has 1 atom stereocenters. The third-order valence-electron chi connectivity index (χ3n) is 5.39. The fourth-order valence-corrected chi connectivity index (χ4v) is 4.16. The van der Waals surface area contributed by atoms with Gasteiger partial charge in [-0.05, 0) is 59.7 Å². The molecular formula is C23H20F3N3O3S. The Balaban J connectivity index is 1.72. The molecule has 0 fully saturated rings. The van der Waals surface area contributed by atoms with E-state index in [0.29, 0.717) is 29.1 Å². The summed E-state index contributed by atoms with van der Waals surface area (Å²) in [5.74, 6) is 0.685. The Morgan fingerprint density at radius 1 is 0.970 bits per heavy atom. The number of ether oxygens (including phenoxy) is 1. The van der Waals surface area contributed by atoms with Gasteiger partial charge in [-0.2, -0.15) is 18.3 Å². The zero-order valence-corrected chi connectivity index (χ0v) is 18.3. The first-order valence-electron chi connectivity index (χ1n) is 9.87. The second-order valence-electron chi connectivity index (χ2n) is 7.50. The Hall–Kier alpha value is -3.37. The molecule has 0 bridgehead atoms. The molecule has 1 aliphatic heterocycles. The minimum Gasteiger partial charge on any atom is -0.497 e. The van der Waals surface area contributed by atoms with Crippen molar-refractivity contribution in [3.63, 3.8) is 0 Å². The van der Waals surface area contributed by atoms with Crippen molar-refractivity contribution < 1.29 is 26.3 Å². The van der Waals surface area contributed by atoms with E-state index in [-0.39, 0.29) is 10.9 Å². The predicted octanol–water partition coefficient (Wildman–Crippen LogP) is 4.72. The molecule has 172 valence electrons. The molecule has 0 aromatic heterocycles. The lowest BCUT2D eigenvalue weighted by atomic mass is 9.97. The summed E-state index contributed by atoms with van der Waals surface area (Å²) in [6.45, 7) is 0. The summed E-state index contributed by atoms with van der Waals surface area (Å²) in [7, 11) is -2.28. The lowest BCUT2D eigenvalue weighted by molar-refractivity contribution is -0.137. The third-order valence-corrected chi connectivity index (χ3v) is 6.32. The molecule has 1 unspecified atom stereocenters. The quantitative estimate of drug-likeness (QED) is 0.579. The average Bonchev–Trinajstić information content (AvgIpc) is 3.24. The van der Waals surface area contributed by atoms with Crippen LogP contribution in [0.1, 0.15) is 29.2 Å². The smallest absolute Gasteiger partial charge is 0.416 e. The SMILES string of the molecule is COc1ccc(C2CC(c3ccc(C(F)(F)F)cc3)=NN2c2ccc(S(N)(=O)=O)cc2)cc1. The van der Waals surface area contributed by atoms with E-state index in [2.05, 4.69) is 5.10 Å². The highest BCUT2D eigenvalue weighted by atomic mass is 32.2. The molecule has 6 nitrogen and oxygen atoms in total. The maximum absolute atomic E-state index is 12.9. The topological polar surface area (TPSA) is 85.0 Å². The molecule has 10 heteroatoms. The Bertz CT molecular complexity index is 1270. The number of alkyl halides is 3. The maximum Gasteiger partial charge on any atom is 0.416 e.